The van der Waals surface area contributed by atoms with Gasteiger partial charge in [-0.05, 0) is 53.1 Å². The lowest BCUT2D eigenvalue weighted by Crippen LogP contribution is -2.35. The fourth-order valence-corrected chi connectivity index (χ4v) is 1.89. The minimum atomic E-state index is -0.572. The quantitative estimate of drug-likeness (QED) is 0.837. The van der Waals surface area contributed by atoms with E-state index < -0.39 is 5.60 Å². The number of rotatable bonds is 6. The van der Waals surface area contributed by atoms with E-state index in [-0.39, 0.29) is 0 Å². The number of aryl methyl sites for hydroxylation is 1. The SMILES string of the molecule is Cc1ccc(C[C@@H](C)N(C)CCC(C)(C)O)cc1. The zero-order valence-corrected chi connectivity index (χ0v) is 12.4. The van der Waals surface area contributed by atoms with Gasteiger partial charge in [-0.15, -0.1) is 0 Å². The predicted octanol–water partition coefficient (Wildman–Crippen LogP) is 3.02. The molecule has 1 aromatic rings. The summed E-state index contributed by atoms with van der Waals surface area (Å²) in [7, 11) is 2.13. The minimum absolute atomic E-state index is 0.495. The third-order valence-corrected chi connectivity index (χ3v) is 3.48. The number of aliphatic hydroxyl groups is 1. The molecule has 102 valence electrons. The van der Waals surface area contributed by atoms with Crippen LogP contribution in [0.1, 0.15) is 38.3 Å². The Hall–Kier alpha value is -0.860. The molecule has 0 fully saturated rings. The summed E-state index contributed by atoms with van der Waals surface area (Å²) in [6, 6.07) is 9.23. The van der Waals surface area contributed by atoms with Gasteiger partial charge in [0, 0.05) is 12.6 Å². The lowest BCUT2D eigenvalue weighted by atomic mass is 10.0. The average molecular weight is 249 g/mol. The number of nitrogens with zero attached hydrogens (tertiary/aromatic N) is 1. The Morgan fingerprint density at radius 2 is 1.78 bits per heavy atom. The molecule has 0 unspecified atom stereocenters. The second kappa shape index (κ2) is 6.35. The molecule has 18 heavy (non-hydrogen) atoms. The van der Waals surface area contributed by atoms with Crippen molar-refractivity contribution >= 4 is 0 Å². The maximum absolute atomic E-state index is 9.74. The Kier molecular flexibility index (Phi) is 5.36. The largest absolute Gasteiger partial charge is 0.390 e. The van der Waals surface area contributed by atoms with Crippen molar-refractivity contribution in [1.29, 1.82) is 0 Å². The van der Waals surface area contributed by atoms with Crippen molar-refractivity contribution in [3.8, 4) is 0 Å². The highest BCUT2D eigenvalue weighted by Crippen LogP contribution is 2.12. The molecule has 0 aromatic heterocycles. The molecule has 0 aliphatic heterocycles. The lowest BCUT2D eigenvalue weighted by Gasteiger charge is -2.28. The zero-order valence-electron chi connectivity index (χ0n) is 12.4. The third kappa shape index (κ3) is 5.65. The molecule has 0 saturated carbocycles. The number of hydrogen-bond acceptors (Lipinski definition) is 2. The fourth-order valence-electron chi connectivity index (χ4n) is 1.89. The highest BCUT2D eigenvalue weighted by molar-refractivity contribution is 5.21. The van der Waals surface area contributed by atoms with Crippen molar-refractivity contribution in [2.24, 2.45) is 0 Å². The van der Waals surface area contributed by atoms with Gasteiger partial charge in [0.2, 0.25) is 0 Å². The molecule has 2 heteroatoms. The Bertz CT molecular complexity index is 350. The highest BCUT2D eigenvalue weighted by atomic mass is 16.3. The molecule has 0 aliphatic rings. The van der Waals surface area contributed by atoms with E-state index >= 15 is 0 Å². The van der Waals surface area contributed by atoms with Crippen molar-refractivity contribution in [3.05, 3.63) is 35.4 Å². The first-order chi connectivity index (χ1) is 8.28. The van der Waals surface area contributed by atoms with Gasteiger partial charge >= 0.3 is 0 Å². The van der Waals surface area contributed by atoms with Crippen LogP contribution in [0.5, 0.6) is 0 Å². The van der Waals surface area contributed by atoms with Crippen LogP contribution < -0.4 is 0 Å². The molecule has 0 aliphatic carbocycles. The van der Waals surface area contributed by atoms with Crippen molar-refractivity contribution < 1.29 is 5.11 Å². The molecule has 0 bridgehead atoms. The zero-order chi connectivity index (χ0) is 13.8. The molecular weight excluding hydrogens is 222 g/mol. The van der Waals surface area contributed by atoms with E-state index in [2.05, 4.69) is 50.1 Å². The van der Waals surface area contributed by atoms with Crippen LogP contribution in [0.25, 0.3) is 0 Å². The monoisotopic (exact) mass is 249 g/mol. The van der Waals surface area contributed by atoms with Gasteiger partial charge in [-0.2, -0.15) is 0 Å². The van der Waals surface area contributed by atoms with Gasteiger partial charge in [-0.1, -0.05) is 29.8 Å². The number of hydrogen-bond donors (Lipinski definition) is 1. The van der Waals surface area contributed by atoms with Crippen molar-refractivity contribution in [3.63, 3.8) is 0 Å². The molecule has 1 rings (SSSR count). The Labute approximate surface area is 112 Å². The first-order valence-electron chi connectivity index (χ1n) is 6.76. The Balaban J connectivity index is 2.44. The van der Waals surface area contributed by atoms with Crippen molar-refractivity contribution in [2.45, 2.75) is 52.2 Å². The molecule has 2 nitrogen and oxygen atoms in total. The summed E-state index contributed by atoms with van der Waals surface area (Å²) in [5.74, 6) is 0. The summed E-state index contributed by atoms with van der Waals surface area (Å²) < 4.78 is 0. The number of likely N-dealkylation sites (N-methyl/N-ethyl adjacent to an activating group) is 1. The minimum Gasteiger partial charge on any atom is -0.390 e. The van der Waals surface area contributed by atoms with E-state index in [0.29, 0.717) is 6.04 Å². The van der Waals surface area contributed by atoms with Gasteiger partial charge in [-0.25, -0.2) is 0 Å². The second-order valence-corrected chi connectivity index (χ2v) is 6.08. The lowest BCUT2D eigenvalue weighted by molar-refractivity contribution is 0.0566. The molecule has 1 atom stereocenters. The molecule has 0 amide bonds. The fraction of sp³-hybridized carbons (Fsp3) is 0.625. The normalized spacial score (nSPS) is 13.9. The molecular formula is C16H27NO. The van der Waals surface area contributed by atoms with E-state index in [0.717, 1.165) is 19.4 Å². The van der Waals surface area contributed by atoms with Crippen molar-refractivity contribution in [1.82, 2.24) is 4.90 Å². The Morgan fingerprint density at radius 1 is 1.22 bits per heavy atom. The average Bonchev–Trinajstić information content (AvgIpc) is 2.28. The van der Waals surface area contributed by atoms with Gasteiger partial charge in [0.05, 0.1) is 5.60 Å². The number of benzene rings is 1. The van der Waals surface area contributed by atoms with Gasteiger partial charge < -0.3 is 10.0 Å². The summed E-state index contributed by atoms with van der Waals surface area (Å²) in [6.07, 6.45) is 1.87. The van der Waals surface area contributed by atoms with E-state index in [1.807, 2.05) is 13.8 Å². The van der Waals surface area contributed by atoms with E-state index in [1.54, 1.807) is 0 Å². The molecule has 0 radical (unpaired) electrons. The van der Waals surface area contributed by atoms with Crippen molar-refractivity contribution in [2.75, 3.05) is 13.6 Å². The van der Waals surface area contributed by atoms with Crippen LogP contribution in [0.15, 0.2) is 24.3 Å². The van der Waals surface area contributed by atoms with Gasteiger partial charge in [-0.3, -0.25) is 0 Å². The van der Waals surface area contributed by atoms with E-state index in [9.17, 15) is 5.11 Å². The third-order valence-electron chi connectivity index (χ3n) is 3.48. The summed E-state index contributed by atoms with van der Waals surface area (Å²) in [4.78, 5) is 2.32. The smallest absolute Gasteiger partial charge is 0.0603 e. The van der Waals surface area contributed by atoms with Crippen LogP contribution in [-0.4, -0.2) is 35.2 Å². The molecule has 0 spiro atoms. The molecule has 1 N–H and O–H groups in total. The second-order valence-electron chi connectivity index (χ2n) is 6.08. The molecule has 0 heterocycles. The van der Waals surface area contributed by atoms with Crippen LogP contribution in [0.3, 0.4) is 0 Å². The van der Waals surface area contributed by atoms with Crippen LogP contribution in [-0.2, 0) is 6.42 Å². The maximum Gasteiger partial charge on any atom is 0.0603 e. The van der Waals surface area contributed by atoms with Crippen LogP contribution >= 0.6 is 0 Å². The molecule has 1 aromatic carbocycles. The van der Waals surface area contributed by atoms with Gasteiger partial charge in [0.25, 0.3) is 0 Å². The molecule has 0 saturated heterocycles. The van der Waals surface area contributed by atoms with Crippen LogP contribution in [0.2, 0.25) is 0 Å². The summed E-state index contributed by atoms with van der Waals surface area (Å²) >= 11 is 0. The first-order valence-corrected chi connectivity index (χ1v) is 6.76. The maximum atomic E-state index is 9.74. The standard InChI is InChI=1S/C16H27NO/c1-13-6-8-15(9-7-13)12-14(2)17(5)11-10-16(3,4)18/h6-9,14,18H,10-12H2,1-5H3/t14-/m1/s1. The summed E-state index contributed by atoms with van der Waals surface area (Å²) in [5, 5.41) is 9.74. The topological polar surface area (TPSA) is 23.5 Å². The Morgan fingerprint density at radius 3 is 2.28 bits per heavy atom. The van der Waals surface area contributed by atoms with Gasteiger partial charge in [0.15, 0.2) is 0 Å². The highest BCUT2D eigenvalue weighted by Gasteiger charge is 2.16. The predicted molar refractivity (Wildman–Crippen MR) is 77.9 cm³/mol. The van der Waals surface area contributed by atoms with Gasteiger partial charge in [0.1, 0.15) is 0 Å². The van der Waals surface area contributed by atoms with Crippen LogP contribution in [0, 0.1) is 6.92 Å². The summed E-state index contributed by atoms with van der Waals surface area (Å²) in [5.41, 5.74) is 2.11. The van der Waals surface area contributed by atoms with E-state index in [4.69, 9.17) is 0 Å². The summed E-state index contributed by atoms with van der Waals surface area (Å²) in [6.45, 7) is 9.01. The first kappa shape index (κ1) is 15.2. The van der Waals surface area contributed by atoms with Crippen LogP contribution in [0.4, 0.5) is 0 Å². The van der Waals surface area contributed by atoms with E-state index in [1.165, 1.54) is 11.1 Å².